The second-order valence-electron chi connectivity index (χ2n) is 16.6. The average molecular weight is 783 g/mol. The monoisotopic (exact) mass is 782 g/mol. The Kier molecular flexibility index (Phi) is 7.85. The number of hydrogen-bond donors (Lipinski definition) is 0. The molecule has 61 heavy (non-hydrogen) atoms. The normalized spacial score (nSPS) is 12.9. The summed E-state index contributed by atoms with van der Waals surface area (Å²) in [4.78, 5) is 9.83. The molecule has 0 saturated carbocycles. The van der Waals surface area contributed by atoms with Crippen LogP contribution in [0.4, 0.5) is 0 Å². The van der Waals surface area contributed by atoms with Gasteiger partial charge in [-0.1, -0.05) is 129 Å². The molecule has 4 nitrogen and oxygen atoms in total. The lowest BCUT2D eigenvalue weighted by Crippen LogP contribution is -2.15. The van der Waals surface area contributed by atoms with E-state index in [1.807, 2.05) is 72.8 Å². The van der Waals surface area contributed by atoms with Crippen molar-refractivity contribution in [3.63, 3.8) is 0 Å². The van der Waals surface area contributed by atoms with E-state index in [0.717, 1.165) is 66.7 Å². The second kappa shape index (κ2) is 13.6. The number of hydrogen-bond acceptors (Lipinski definition) is 4. The van der Waals surface area contributed by atoms with E-state index in [4.69, 9.17) is 18.8 Å². The minimum atomic E-state index is -0.120. The van der Waals surface area contributed by atoms with Crippen LogP contribution in [0.1, 0.15) is 25.0 Å². The highest BCUT2D eigenvalue weighted by Gasteiger charge is 2.36. The molecule has 0 saturated heterocycles. The number of oxazole rings is 2. The van der Waals surface area contributed by atoms with Gasteiger partial charge in [-0.2, -0.15) is 0 Å². The first-order valence-electron chi connectivity index (χ1n) is 20.8. The van der Waals surface area contributed by atoms with Gasteiger partial charge in [-0.25, -0.2) is 9.97 Å². The maximum absolute atomic E-state index is 6.21. The summed E-state index contributed by atoms with van der Waals surface area (Å²) < 4.78 is 12.4. The zero-order chi connectivity index (χ0) is 40.7. The SMILES string of the molecule is CC1(C)c2cc(-c3cccc(-c4cc(-c5ccc6oc(-c7ccccc7)nc6c5)cc(-c5ccc6oc(-c7ccccc7)nc6c5)c4)c3)ccc2-c2c1ccc1ccccc21. The van der Waals surface area contributed by atoms with Gasteiger partial charge in [0.2, 0.25) is 11.8 Å². The largest absolute Gasteiger partial charge is 0.436 e. The standard InChI is InChI=1S/C57H38N2O2/c1-57(2)48-25-21-35-12-9-10-19-46(35)54(48)47-24-20-40(32-49(47)57)38-17-11-18-39(28-38)43-29-44(41-22-26-52-50(33-41)58-55(60-52)36-13-5-3-6-14-36)31-45(30-43)42-23-27-53-51(34-42)59-56(61-53)37-15-7-4-8-16-37/h3-34H,1-2H3. The van der Waals surface area contributed by atoms with E-state index >= 15 is 0 Å². The summed E-state index contributed by atoms with van der Waals surface area (Å²) in [6.07, 6.45) is 0. The van der Waals surface area contributed by atoms with E-state index in [2.05, 4.69) is 135 Å². The highest BCUT2D eigenvalue weighted by atomic mass is 16.4. The van der Waals surface area contributed by atoms with Crippen LogP contribution < -0.4 is 0 Å². The number of rotatable bonds is 6. The molecule has 0 aliphatic heterocycles. The van der Waals surface area contributed by atoms with Gasteiger partial charge in [0, 0.05) is 16.5 Å². The predicted molar refractivity (Wildman–Crippen MR) is 249 cm³/mol. The van der Waals surface area contributed by atoms with Crippen LogP contribution >= 0.6 is 0 Å². The molecule has 0 N–H and O–H groups in total. The third kappa shape index (κ3) is 5.90. The van der Waals surface area contributed by atoms with Crippen LogP contribution in [-0.2, 0) is 5.41 Å². The summed E-state index contributed by atoms with van der Waals surface area (Å²) in [5.41, 5.74) is 19.3. The Labute approximate surface area is 353 Å². The van der Waals surface area contributed by atoms with Gasteiger partial charge in [-0.3, -0.25) is 0 Å². The molecule has 12 rings (SSSR count). The third-order valence-corrected chi connectivity index (χ3v) is 12.5. The Morgan fingerprint density at radius 3 is 1.44 bits per heavy atom. The molecule has 2 heterocycles. The molecule has 4 heteroatoms. The van der Waals surface area contributed by atoms with Crippen molar-refractivity contribution in [3.05, 3.63) is 205 Å². The van der Waals surface area contributed by atoms with Gasteiger partial charge >= 0.3 is 0 Å². The molecule has 11 aromatic rings. The maximum Gasteiger partial charge on any atom is 0.227 e. The molecule has 2 aromatic heterocycles. The number of nitrogens with zero attached hydrogens (tertiary/aromatic N) is 2. The third-order valence-electron chi connectivity index (χ3n) is 12.5. The number of benzene rings is 9. The van der Waals surface area contributed by atoms with Crippen LogP contribution in [0.3, 0.4) is 0 Å². The van der Waals surface area contributed by atoms with Gasteiger partial charge in [0.05, 0.1) is 0 Å². The van der Waals surface area contributed by atoms with E-state index in [1.165, 1.54) is 44.2 Å². The van der Waals surface area contributed by atoms with Crippen LogP contribution in [0, 0.1) is 0 Å². The molecule has 0 amide bonds. The lowest BCUT2D eigenvalue weighted by molar-refractivity contribution is 0.619. The molecule has 0 fully saturated rings. The lowest BCUT2D eigenvalue weighted by Gasteiger charge is -2.22. The zero-order valence-corrected chi connectivity index (χ0v) is 33.7. The fourth-order valence-electron chi connectivity index (χ4n) is 9.31. The molecule has 0 atom stereocenters. The Hall–Kier alpha value is -7.82. The fraction of sp³-hybridized carbons (Fsp3) is 0.0526. The van der Waals surface area contributed by atoms with Crippen molar-refractivity contribution < 1.29 is 8.83 Å². The first kappa shape index (κ1) is 35.2. The summed E-state index contributed by atoms with van der Waals surface area (Å²) in [7, 11) is 0. The minimum Gasteiger partial charge on any atom is -0.436 e. The summed E-state index contributed by atoms with van der Waals surface area (Å²) >= 11 is 0. The first-order chi connectivity index (χ1) is 29.9. The molecule has 0 unspecified atom stereocenters. The summed E-state index contributed by atoms with van der Waals surface area (Å²) in [5.74, 6) is 1.23. The van der Waals surface area contributed by atoms with Gasteiger partial charge in [0.25, 0.3) is 0 Å². The highest BCUT2D eigenvalue weighted by Crippen LogP contribution is 2.52. The smallest absolute Gasteiger partial charge is 0.227 e. The van der Waals surface area contributed by atoms with E-state index in [-0.39, 0.29) is 5.41 Å². The molecule has 1 aliphatic rings. The van der Waals surface area contributed by atoms with E-state index in [0.29, 0.717) is 11.8 Å². The highest BCUT2D eigenvalue weighted by molar-refractivity contribution is 6.03. The molecule has 288 valence electrons. The second-order valence-corrected chi connectivity index (χ2v) is 16.6. The van der Waals surface area contributed by atoms with E-state index in [1.54, 1.807) is 0 Å². The molecular formula is C57H38N2O2. The number of aromatic nitrogens is 2. The fourth-order valence-corrected chi connectivity index (χ4v) is 9.31. The van der Waals surface area contributed by atoms with Crippen molar-refractivity contribution in [2.24, 2.45) is 0 Å². The van der Waals surface area contributed by atoms with E-state index < -0.39 is 0 Å². The molecule has 0 radical (unpaired) electrons. The molecule has 1 aliphatic carbocycles. The van der Waals surface area contributed by atoms with Crippen molar-refractivity contribution in [1.29, 1.82) is 0 Å². The quantitative estimate of drug-likeness (QED) is 0.169. The van der Waals surface area contributed by atoms with Gasteiger partial charge < -0.3 is 8.83 Å². The van der Waals surface area contributed by atoms with Crippen molar-refractivity contribution in [1.82, 2.24) is 9.97 Å². The van der Waals surface area contributed by atoms with Gasteiger partial charge in [-0.15, -0.1) is 0 Å². The van der Waals surface area contributed by atoms with Gasteiger partial charge in [0.1, 0.15) is 11.0 Å². The lowest BCUT2D eigenvalue weighted by atomic mass is 9.81. The Bertz CT molecular complexity index is 3370. The average Bonchev–Trinajstić information content (AvgIpc) is 4.01. The minimum absolute atomic E-state index is 0.120. The summed E-state index contributed by atoms with van der Waals surface area (Å²) in [6, 6.07) is 68.8. The Balaban J connectivity index is 0.975. The van der Waals surface area contributed by atoms with E-state index in [9.17, 15) is 0 Å². The van der Waals surface area contributed by atoms with Gasteiger partial charge in [0.15, 0.2) is 11.2 Å². The molecule has 0 spiro atoms. The summed E-state index contributed by atoms with van der Waals surface area (Å²) in [5, 5.41) is 2.59. The Morgan fingerprint density at radius 2 is 0.836 bits per heavy atom. The maximum atomic E-state index is 6.21. The molecule has 0 bridgehead atoms. The zero-order valence-electron chi connectivity index (χ0n) is 33.7. The first-order valence-corrected chi connectivity index (χ1v) is 20.8. The Morgan fingerprint density at radius 1 is 0.361 bits per heavy atom. The van der Waals surface area contributed by atoms with Crippen molar-refractivity contribution in [3.8, 4) is 78.5 Å². The summed E-state index contributed by atoms with van der Waals surface area (Å²) in [6.45, 7) is 4.72. The number of fused-ring (bicyclic) bond motifs is 7. The van der Waals surface area contributed by atoms with Crippen molar-refractivity contribution >= 4 is 33.0 Å². The van der Waals surface area contributed by atoms with Crippen LogP contribution in [0.15, 0.2) is 203 Å². The topological polar surface area (TPSA) is 52.1 Å². The van der Waals surface area contributed by atoms with Crippen molar-refractivity contribution in [2.45, 2.75) is 19.3 Å². The van der Waals surface area contributed by atoms with Crippen molar-refractivity contribution in [2.75, 3.05) is 0 Å². The van der Waals surface area contributed by atoms with Gasteiger partial charge in [-0.05, 0) is 156 Å². The van der Waals surface area contributed by atoms with Crippen LogP contribution in [-0.4, -0.2) is 9.97 Å². The molecule has 9 aromatic carbocycles. The predicted octanol–water partition coefficient (Wildman–Crippen LogP) is 15.4. The van der Waals surface area contributed by atoms with Crippen LogP contribution in [0.5, 0.6) is 0 Å². The van der Waals surface area contributed by atoms with Crippen LogP contribution in [0.2, 0.25) is 0 Å². The molecular weight excluding hydrogens is 745 g/mol. The van der Waals surface area contributed by atoms with Crippen LogP contribution in [0.25, 0.3) is 112 Å².